The molecule has 0 radical (unpaired) electrons. The van der Waals surface area contributed by atoms with Crippen molar-refractivity contribution in [1.82, 2.24) is 4.90 Å². The lowest BCUT2D eigenvalue weighted by molar-refractivity contribution is -0.149. The molecule has 2 aliphatic rings. The molecule has 7 nitrogen and oxygen atoms in total. The predicted octanol–water partition coefficient (Wildman–Crippen LogP) is 4.70. The minimum Gasteiger partial charge on any atom is -0.443 e. The van der Waals surface area contributed by atoms with E-state index in [0.717, 1.165) is 0 Å². The zero-order chi connectivity index (χ0) is 23.0. The van der Waals surface area contributed by atoms with Gasteiger partial charge in [0.25, 0.3) is 0 Å². The molecule has 0 spiro atoms. The van der Waals surface area contributed by atoms with Gasteiger partial charge in [0.2, 0.25) is 5.91 Å². The molecule has 2 saturated heterocycles. The van der Waals surface area contributed by atoms with E-state index in [1.54, 1.807) is 20.8 Å². The number of amides is 2. The van der Waals surface area contributed by atoms with Crippen LogP contribution in [-0.4, -0.2) is 62.5 Å². The van der Waals surface area contributed by atoms with E-state index < -0.39 is 25.8 Å². The molecule has 2 aliphatic heterocycles. The molecule has 2 rings (SSSR count). The summed E-state index contributed by atoms with van der Waals surface area (Å²) in [5, 5.41) is 0.0425. The lowest BCUT2D eigenvalue weighted by atomic mass is 9.93. The molecule has 2 amide bonds. The van der Waals surface area contributed by atoms with Gasteiger partial charge in [-0.2, -0.15) is 0 Å². The van der Waals surface area contributed by atoms with Gasteiger partial charge in [-0.25, -0.2) is 9.69 Å². The van der Waals surface area contributed by atoms with Crippen LogP contribution < -0.4 is 0 Å². The Morgan fingerprint density at radius 2 is 1.73 bits per heavy atom. The molecule has 2 heterocycles. The second kappa shape index (κ2) is 8.88. The fraction of sp³-hybridized carbons (Fsp3) is 0.909. The largest absolute Gasteiger partial charge is 0.443 e. The van der Waals surface area contributed by atoms with Crippen LogP contribution in [0, 0.1) is 5.92 Å². The third-order valence-corrected chi connectivity index (χ3v) is 11.0. The second-order valence-electron chi connectivity index (χ2n) is 11.2. The van der Waals surface area contributed by atoms with Gasteiger partial charge >= 0.3 is 6.09 Å². The van der Waals surface area contributed by atoms with Crippen molar-refractivity contribution in [1.29, 1.82) is 0 Å². The molecule has 0 aromatic carbocycles. The van der Waals surface area contributed by atoms with Crippen molar-refractivity contribution in [2.75, 3.05) is 19.8 Å². The van der Waals surface area contributed by atoms with Gasteiger partial charge < -0.3 is 18.6 Å². The minimum atomic E-state index is -2.04. The number of carbonyl (C=O) groups is 2. The summed E-state index contributed by atoms with van der Waals surface area (Å²) in [6.07, 6.45) is 1.11. The van der Waals surface area contributed by atoms with Crippen molar-refractivity contribution in [3.8, 4) is 0 Å². The van der Waals surface area contributed by atoms with E-state index in [2.05, 4.69) is 33.9 Å². The number of rotatable bonds is 6. The summed E-state index contributed by atoms with van der Waals surface area (Å²) in [7, 11) is -2.04. The fourth-order valence-electron chi connectivity index (χ4n) is 3.57. The highest BCUT2D eigenvalue weighted by molar-refractivity contribution is 6.74. The first kappa shape index (κ1) is 25.3. The molecule has 174 valence electrons. The van der Waals surface area contributed by atoms with Gasteiger partial charge in [0.05, 0.1) is 25.9 Å². The minimum absolute atomic E-state index is 0.0144. The van der Waals surface area contributed by atoms with E-state index in [4.69, 9.17) is 18.6 Å². The lowest BCUT2D eigenvalue weighted by Gasteiger charge is -2.38. The molecule has 30 heavy (non-hydrogen) atoms. The van der Waals surface area contributed by atoms with Gasteiger partial charge in [0.1, 0.15) is 5.60 Å². The third kappa shape index (κ3) is 6.28. The summed E-state index contributed by atoms with van der Waals surface area (Å²) < 4.78 is 23.4. The maximum absolute atomic E-state index is 12.9. The highest BCUT2D eigenvalue weighted by atomic mass is 28.4. The van der Waals surface area contributed by atoms with Gasteiger partial charge in [-0.3, -0.25) is 4.79 Å². The van der Waals surface area contributed by atoms with Crippen LogP contribution in [0.5, 0.6) is 0 Å². The maximum Gasteiger partial charge on any atom is 0.417 e. The van der Waals surface area contributed by atoms with E-state index in [1.807, 2.05) is 6.92 Å². The summed E-state index contributed by atoms with van der Waals surface area (Å²) in [4.78, 5) is 27.0. The number of ether oxygens (including phenoxy) is 3. The number of carbonyl (C=O) groups excluding carboxylic acids is 2. The number of likely N-dealkylation sites (tertiary alicyclic amines) is 1. The highest BCUT2D eigenvalue weighted by Crippen LogP contribution is 2.39. The molecule has 0 saturated carbocycles. The van der Waals surface area contributed by atoms with E-state index in [0.29, 0.717) is 39.1 Å². The van der Waals surface area contributed by atoms with Crippen molar-refractivity contribution >= 4 is 20.3 Å². The Hall–Kier alpha value is -0.963. The lowest BCUT2D eigenvalue weighted by Crippen LogP contribution is -2.49. The quantitative estimate of drug-likeness (QED) is 0.554. The summed E-state index contributed by atoms with van der Waals surface area (Å²) in [6.45, 7) is 19.8. The first-order valence-corrected chi connectivity index (χ1v) is 13.9. The van der Waals surface area contributed by atoms with E-state index >= 15 is 0 Å². The van der Waals surface area contributed by atoms with Crippen LogP contribution in [0.2, 0.25) is 18.1 Å². The Bertz CT molecular complexity index is 631. The molecule has 2 atom stereocenters. The van der Waals surface area contributed by atoms with Gasteiger partial charge in [0, 0.05) is 12.8 Å². The van der Waals surface area contributed by atoms with Gasteiger partial charge in [-0.1, -0.05) is 20.8 Å². The van der Waals surface area contributed by atoms with Gasteiger partial charge in [-0.05, 0) is 58.2 Å². The van der Waals surface area contributed by atoms with Crippen LogP contribution in [0.25, 0.3) is 0 Å². The van der Waals surface area contributed by atoms with Crippen molar-refractivity contribution in [3.63, 3.8) is 0 Å². The zero-order valence-electron chi connectivity index (χ0n) is 20.3. The van der Waals surface area contributed by atoms with Crippen molar-refractivity contribution in [2.24, 2.45) is 5.92 Å². The molecule has 2 fully saturated rings. The molecule has 0 unspecified atom stereocenters. The van der Waals surface area contributed by atoms with Gasteiger partial charge in [-0.15, -0.1) is 0 Å². The Labute approximate surface area is 182 Å². The highest BCUT2D eigenvalue weighted by Gasteiger charge is 2.47. The van der Waals surface area contributed by atoms with Gasteiger partial charge in [0.15, 0.2) is 14.1 Å². The van der Waals surface area contributed by atoms with Crippen molar-refractivity contribution in [2.45, 2.75) is 103 Å². The Kier molecular flexibility index (Phi) is 7.49. The van der Waals surface area contributed by atoms with Crippen LogP contribution >= 0.6 is 0 Å². The molecule has 0 bridgehead atoms. The van der Waals surface area contributed by atoms with Crippen molar-refractivity contribution in [3.05, 3.63) is 0 Å². The Morgan fingerprint density at radius 1 is 1.17 bits per heavy atom. The maximum atomic E-state index is 12.9. The standard InChI is InChI=1S/C22H41NO6Si/c1-20(2,3)29-19(25)23-17(15-28-30(8,9)21(4,5)6)16(14-18(23)24)10-11-22(7)26-12-13-27-22/h16-17H,10-15H2,1-9H3/t16-,17+/m0/s1. The average molecular weight is 444 g/mol. The summed E-state index contributed by atoms with van der Waals surface area (Å²) in [6, 6.07) is -0.341. The third-order valence-electron chi connectivity index (χ3n) is 6.46. The molecule has 0 aliphatic carbocycles. The molecular formula is C22H41NO6Si. The van der Waals surface area contributed by atoms with E-state index in [-0.39, 0.29) is 22.9 Å². The Balaban J connectivity index is 2.18. The van der Waals surface area contributed by atoms with Crippen LogP contribution in [0.15, 0.2) is 0 Å². The van der Waals surface area contributed by atoms with Crippen LogP contribution in [-0.2, 0) is 23.4 Å². The predicted molar refractivity (Wildman–Crippen MR) is 118 cm³/mol. The summed E-state index contributed by atoms with van der Waals surface area (Å²) >= 11 is 0. The zero-order valence-corrected chi connectivity index (χ0v) is 21.3. The number of hydrogen-bond donors (Lipinski definition) is 0. The number of nitrogens with zero attached hydrogens (tertiary/aromatic N) is 1. The molecule has 0 N–H and O–H groups in total. The number of hydrogen-bond acceptors (Lipinski definition) is 6. The molecule has 0 aromatic heterocycles. The average Bonchev–Trinajstić information content (AvgIpc) is 3.12. The first-order valence-electron chi connectivity index (χ1n) is 11.0. The number of imide groups is 1. The fourth-order valence-corrected chi connectivity index (χ4v) is 4.59. The molecule has 8 heteroatoms. The van der Waals surface area contributed by atoms with E-state index in [9.17, 15) is 9.59 Å². The topological polar surface area (TPSA) is 74.3 Å². The van der Waals surface area contributed by atoms with Crippen LogP contribution in [0.3, 0.4) is 0 Å². The summed E-state index contributed by atoms with van der Waals surface area (Å²) in [5.41, 5.74) is -0.667. The molecule has 0 aromatic rings. The first-order chi connectivity index (χ1) is 13.5. The molecular weight excluding hydrogens is 402 g/mol. The SMILES string of the molecule is CC(C)(C)OC(=O)N1C(=O)C[C@H](CCC2(C)OCCO2)[C@H]1CO[Si](C)(C)C(C)(C)C. The Morgan fingerprint density at radius 3 is 2.23 bits per heavy atom. The van der Waals surface area contributed by atoms with Crippen LogP contribution in [0.4, 0.5) is 4.79 Å². The second-order valence-corrected chi connectivity index (χ2v) is 16.0. The van der Waals surface area contributed by atoms with Crippen molar-refractivity contribution < 1.29 is 28.2 Å². The van der Waals surface area contributed by atoms with Crippen LogP contribution in [0.1, 0.15) is 67.7 Å². The van der Waals surface area contributed by atoms with E-state index in [1.165, 1.54) is 4.90 Å². The normalized spacial score (nSPS) is 25.1. The monoisotopic (exact) mass is 443 g/mol. The summed E-state index contributed by atoms with van der Waals surface area (Å²) in [5.74, 6) is -0.830. The smallest absolute Gasteiger partial charge is 0.417 e.